The molecule has 0 unspecified atom stereocenters. The summed E-state index contributed by atoms with van der Waals surface area (Å²) < 4.78 is 59.9. The Morgan fingerprint density at radius 2 is 1.76 bits per heavy atom. The van der Waals surface area contributed by atoms with Crippen LogP contribution in [0.15, 0.2) is 23.1 Å². The fourth-order valence-electron chi connectivity index (χ4n) is 0.904. The highest BCUT2D eigenvalue weighted by Gasteiger charge is 2.30. The predicted molar refractivity (Wildman–Crippen MR) is 57.7 cm³/mol. The molecule has 0 bridgehead atoms. The molecular formula is C8H6Cl2F3NO2S. The molecule has 0 aromatic heterocycles. The fourth-order valence-corrected chi connectivity index (χ4v) is 2.31. The molecule has 0 radical (unpaired) electrons. The molecule has 0 aliphatic carbocycles. The number of rotatable bonds is 3. The van der Waals surface area contributed by atoms with Crippen molar-refractivity contribution in [2.24, 2.45) is 0 Å². The Bertz CT molecular complexity index is 516. The van der Waals surface area contributed by atoms with E-state index in [-0.39, 0.29) is 14.9 Å². The molecule has 1 aromatic rings. The van der Waals surface area contributed by atoms with E-state index in [4.69, 9.17) is 23.2 Å². The summed E-state index contributed by atoms with van der Waals surface area (Å²) in [6.07, 6.45) is -4.62. The second kappa shape index (κ2) is 5.01. The number of alkyl halides is 3. The van der Waals surface area contributed by atoms with Crippen LogP contribution in [0.3, 0.4) is 0 Å². The molecule has 0 atom stereocenters. The summed E-state index contributed by atoms with van der Waals surface area (Å²) >= 11 is 11.1. The normalized spacial score (nSPS) is 12.8. The van der Waals surface area contributed by atoms with E-state index in [0.717, 1.165) is 12.1 Å². The monoisotopic (exact) mass is 307 g/mol. The Kier molecular flexibility index (Phi) is 4.29. The molecule has 0 saturated carbocycles. The smallest absolute Gasteiger partial charge is 0.207 e. The summed E-state index contributed by atoms with van der Waals surface area (Å²) in [6.45, 7) is -1.64. The lowest BCUT2D eigenvalue weighted by Crippen LogP contribution is -2.33. The van der Waals surface area contributed by atoms with Crippen LogP contribution in [0.5, 0.6) is 0 Å². The molecule has 0 amide bonds. The molecule has 1 aromatic carbocycles. The Morgan fingerprint density at radius 1 is 1.18 bits per heavy atom. The lowest BCUT2D eigenvalue weighted by Gasteiger charge is -2.09. The van der Waals surface area contributed by atoms with Crippen molar-refractivity contribution in [1.29, 1.82) is 0 Å². The molecular weight excluding hydrogens is 302 g/mol. The highest BCUT2D eigenvalue weighted by molar-refractivity contribution is 7.89. The van der Waals surface area contributed by atoms with Crippen LogP contribution in [0.2, 0.25) is 10.0 Å². The largest absolute Gasteiger partial charge is 0.402 e. The third-order valence-corrected chi connectivity index (χ3v) is 3.80. The van der Waals surface area contributed by atoms with E-state index in [1.165, 1.54) is 10.8 Å². The van der Waals surface area contributed by atoms with E-state index in [1.54, 1.807) is 0 Å². The Hall–Kier alpha value is -0.500. The minimum absolute atomic E-state index is 0.0541. The van der Waals surface area contributed by atoms with Gasteiger partial charge in [0.1, 0.15) is 6.54 Å². The molecule has 0 heterocycles. The van der Waals surface area contributed by atoms with Gasteiger partial charge >= 0.3 is 6.18 Å². The van der Waals surface area contributed by atoms with Gasteiger partial charge in [-0.2, -0.15) is 13.2 Å². The third kappa shape index (κ3) is 4.34. The Morgan fingerprint density at radius 3 is 2.24 bits per heavy atom. The van der Waals surface area contributed by atoms with Crippen LogP contribution < -0.4 is 4.72 Å². The number of halogens is 5. The molecule has 0 spiro atoms. The lowest BCUT2D eigenvalue weighted by molar-refractivity contribution is -0.121. The van der Waals surface area contributed by atoms with Gasteiger partial charge in [0.2, 0.25) is 10.0 Å². The summed E-state index contributed by atoms with van der Waals surface area (Å²) in [6, 6.07) is 3.22. The van der Waals surface area contributed by atoms with Crippen molar-refractivity contribution in [2.75, 3.05) is 6.54 Å². The quantitative estimate of drug-likeness (QED) is 0.933. The summed E-state index contributed by atoms with van der Waals surface area (Å²) in [5.41, 5.74) is 0. The van der Waals surface area contributed by atoms with Crippen molar-refractivity contribution in [2.45, 2.75) is 11.1 Å². The molecule has 3 nitrogen and oxygen atoms in total. The number of hydrogen-bond acceptors (Lipinski definition) is 2. The maximum atomic E-state index is 11.9. The standard InChI is InChI=1S/C8H6Cl2F3NO2S/c9-6-2-1-5(3-7(6)10)17(15,16)14-4-8(11,12)13/h1-3,14H,4H2. The van der Waals surface area contributed by atoms with Gasteiger partial charge in [0.25, 0.3) is 0 Å². The second-order valence-corrected chi connectivity index (χ2v) is 5.60. The molecule has 1 N–H and O–H groups in total. The summed E-state index contributed by atoms with van der Waals surface area (Å²) in [4.78, 5) is -0.379. The maximum Gasteiger partial charge on any atom is 0.402 e. The SMILES string of the molecule is O=S(=O)(NCC(F)(F)F)c1ccc(Cl)c(Cl)c1. The van der Waals surface area contributed by atoms with E-state index in [1.807, 2.05) is 0 Å². The zero-order valence-corrected chi connectivity index (χ0v) is 10.4. The molecule has 0 fully saturated rings. The highest BCUT2D eigenvalue weighted by Crippen LogP contribution is 2.25. The predicted octanol–water partition coefficient (Wildman–Crippen LogP) is 2.83. The molecule has 96 valence electrons. The first-order valence-electron chi connectivity index (χ1n) is 4.13. The van der Waals surface area contributed by atoms with Gasteiger partial charge in [0.15, 0.2) is 0 Å². The van der Waals surface area contributed by atoms with Crippen LogP contribution in [0.1, 0.15) is 0 Å². The minimum atomic E-state index is -4.62. The van der Waals surface area contributed by atoms with Gasteiger partial charge in [-0.3, -0.25) is 0 Å². The second-order valence-electron chi connectivity index (χ2n) is 3.02. The first-order valence-corrected chi connectivity index (χ1v) is 6.37. The van der Waals surface area contributed by atoms with Crippen molar-refractivity contribution in [1.82, 2.24) is 4.72 Å². The number of hydrogen-bond donors (Lipinski definition) is 1. The van der Waals surface area contributed by atoms with Crippen LogP contribution in [0.4, 0.5) is 13.2 Å². The average molecular weight is 308 g/mol. The summed E-state index contributed by atoms with van der Waals surface area (Å²) in [5.74, 6) is 0. The van der Waals surface area contributed by atoms with Crippen molar-refractivity contribution in [3.05, 3.63) is 28.2 Å². The Labute approximate surface area is 106 Å². The first-order chi connectivity index (χ1) is 7.62. The van der Waals surface area contributed by atoms with Crippen molar-refractivity contribution < 1.29 is 21.6 Å². The van der Waals surface area contributed by atoms with Crippen LogP contribution in [0, 0.1) is 0 Å². The molecule has 0 aliphatic rings. The van der Waals surface area contributed by atoms with Gasteiger partial charge in [-0.15, -0.1) is 0 Å². The Balaban J connectivity index is 2.94. The molecule has 9 heteroatoms. The zero-order chi connectivity index (χ0) is 13.3. The first kappa shape index (κ1) is 14.6. The highest BCUT2D eigenvalue weighted by atomic mass is 35.5. The van der Waals surface area contributed by atoms with E-state index < -0.39 is 22.7 Å². The van der Waals surface area contributed by atoms with Crippen molar-refractivity contribution >= 4 is 33.2 Å². The van der Waals surface area contributed by atoms with E-state index in [9.17, 15) is 21.6 Å². The van der Waals surface area contributed by atoms with E-state index in [0.29, 0.717) is 0 Å². The molecule has 1 rings (SSSR count). The van der Waals surface area contributed by atoms with Gasteiger partial charge < -0.3 is 0 Å². The van der Waals surface area contributed by atoms with E-state index >= 15 is 0 Å². The zero-order valence-electron chi connectivity index (χ0n) is 8.05. The average Bonchev–Trinajstić information content (AvgIpc) is 2.18. The van der Waals surface area contributed by atoms with Crippen molar-refractivity contribution in [3.63, 3.8) is 0 Å². The van der Waals surface area contributed by atoms with Gasteiger partial charge in [-0.05, 0) is 18.2 Å². The van der Waals surface area contributed by atoms with Crippen LogP contribution in [0.25, 0.3) is 0 Å². The van der Waals surface area contributed by atoms with Crippen LogP contribution >= 0.6 is 23.2 Å². The van der Waals surface area contributed by atoms with Gasteiger partial charge in [0.05, 0.1) is 14.9 Å². The summed E-state index contributed by atoms with van der Waals surface area (Å²) in [5, 5.41) is 0.0583. The lowest BCUT2D eigenvalue weighted by atomic mass is 10.4. The molecule has 0 saturated heterocycles. The topological polar surface area (TPSA) is 46.2 Å². The maximum absolute atomic E-state index is 11.9. The third-order valence-electron chi connectivity index (χ3n) is 1.66. The minimum Gasteiger partial charge on any atom is -0.207 e. The van der Waals surface area contributed by atoms with Gasteiger partial charge in [0, 0.05) is 0 Å². The van der Waals surface area contributed by atoms with E-state index in [2.05, 4.69) is 0 Å². The van der Waals surface area contributed by atoms with Crippen LogP contribution in [-0.2, 0) is 10.0 Å². The summed E-state index contributed by atoms with van der Waals surface area (Å²) in [7, 11) is -4.25. The number of benzene rings is 1. The van der Waals surface area contributed by atoms with Crippen molar-refractivity contribution in [3.8, 4) is 0 Å². The fraction of sp³-hybridized carbons (Fsp3) is 0.250. The van der Waals surface area contributed by atoms with Gasteiger partial charge in [-0.25, -0.2) is 13.1 Å². The molecule has 0 aliphatic heterocycles. The number of sulfonamides is 1. The molecule has 17 heavy (non-hydrogen) atoms. The van der Waals surface area contributed by atoms with Crippen LogP contribution in [-0.4, -0.2) is 21.1 Å². The van der Waals surface area contributed by atoms with Gasteiger partial charge in [-0.1, -0.05) is 23.2 Å². The number of nitrogens with one attached hydrogen (secondary N) is 1.